The van der Waals surface area contributed by atoms with Crippen LogP contribution < -0.4 is 0 Å². The number of carbonyl (C=O) groups is 1. The fraction of sp³-hybridized carbons (Fsp3) is 0.824. The number of halogens is 1. The van der Waals surface area contributed by atoms with Crippen molar-refractivity contribution in [2.45, 2.75) is 58.8 Å². The highest BCUT2D eigenvalue weighted by Crippen LogP contribution is 2.57. The summed E-state index contributed by atoms with van der Waals surface area (Å²) in [4.78, 5) is 10.9. The highest BCUT2D eigenvalue weighted by atomic mass is 127. The number of hydrogen-bond acceptors (Lipinski definition) is 5. The van der Waals surface area contributed by atoms with Crippen LogP contribution in [-0.2, 0) is 19.0 Å². The van der Waals surface area contributed by atoms with Gasteiger partial charge in [-0.25, -0.2) is 0 Å². The van der Waals surface area contributed by atoms with E-state index in [9.17, 15) is 9.90 Å². The average molecular weight is 438 g/mol. The maximum Gasteiger partial charge on any atom is 0.302 e. The lowest BCUT2D eigenvalue weighted by Crippen LogP contribution is -2.60. The molecule has 0 aromatic carbocycles. The summed E-state index contributed by atoms with van der Waals surface area (Å²) in [6, 6.07) is 0. The van der Waals surface area contributed by atoms with E-state index in [1.165, 1.54) is 6.92 Å². The summed E-state index contributed by atoms with van der Waals surface area (Å²) in [5.41, 5.74) is -0.557. The standard InChI is InChI=1S/C17H27IO5/c1-12(19)21-6-5-13(18)9-16(4)14(20)10-15(2,3)11-17(16)22-7-8-23-17/h5,14,20H,6-11H2,1-4H3/b13-5-/t14-,16+/m0/s1. The van der Waals surface area contributed by atoms with Crippen LogP contribution in [0, 0.1) is 10.8 Å². The van der Waals surface area contributed by atoms with Crippen LogP contribution in [0.2, 0.25) is 0 Å². The van der Waals surface area contributed by atoms with Crippen molar-refractivity contribution in [3.05, 3.63) is 9.66 Å². The van der Waals surface area contributed by atoms with Crippen molar-refractivity contribution in [3.8, 4) is 0 Å². The maximum absolute atomic E-state index is 10.9. The molecule has 1 saturated heterocycles. The first-order valence-electron chi connectivity index (χ1n) is 8.04. The smallest absolute Gasteiger partial charge is 0.302 e. The van der Waals surface area contributed by atoms with Crippen LogP contribution in [0.4, 0.5) is 0 Å². The molecule has 5 nitrogen and oxygen atoms in total. The number of ether oxygens (including phenoxy) is 3. The second-order valence-corrected chi connectivity index (χ2v) is 8.94. The van der Waals surface area contributed by atoms with Crippen molar-refractivity contribution in [3.63, 3.8) is 0 Å². The summed E-state index contributed by atoms with van der Waals surface area (Å²) in [5, 5.41) is 10.9. The largest absolute Gasteiger partial charge is 0.462 e. The van der Waals surface area contributed by atoms with Gasteiger partial charge in [-0.3, -0.25) is 4.79 Å². The van der Waals surface area contributed by atoms with E-state index in [1.807, 2.05) is 13.0 Å². The molecular formula is C17H27IO5. The van der Waals surface area contributed by atoms with E-state index >= 15 is 0 Å². The number of aliphatic hydroxyl groups excluding tert-OH is 1. The van der Waals surface area contributed by atoms with Crippen molar-refractivity contribution < 1.29 is 24.1 Å². The molecule has 0 bridgehead atoms. The third kappa shape index (κ3) is 4.08. The van der Waals surface area contributed by atoms with Gasteiger partial charge in [0.25, 0.3) is 0 Å². The molecule has 1 spiro atoms. The van der Waals surface area contributed by atoms with Crippen LogP contribution in [-0.4, -0.2) is 42.8 Å². The van der Waals surface area contributed by atoms with Gasteiger partial charge < -0.3 is 19.3 Å². The molecular weight excluding hydrogens is 411 g/mol. The topological polar surface area (TPSA) is 65.0 Å². The zero-order chi connectivity index (χ0) is 17.3. The maximum atomic E-state index is 10.9. The summed E-state index contributed by atoms with van der Waals surface area (Å²) in [5.74, 6) is -1.05. The van der Waals surface area contributed by atoms with Gasteiger partial charge in [0.2, 0.25) is 0 Å². The first-order valence-corrected chi connectivity index (χ1v) is 9.12. The molecule has 0 unspecified atom stereocenters. The first kappa shape index (κ1) is 19.1. The SMILES string of the molecule is CC(=O)OC/C=C(\I)C[C@]1(C)[C@@H](O)CC(C)(C)CC12OCCO2. The minimum absolute atomic E-state index is 0.0316. The number of rotatable bonds is 4. The van der Waals surface area contributed by atoms with E-state index in [2.05, 4.69) is 36.4 Å². The van der Waals surface area contributed by atoms with Crippen LogP contribution >= 0.6 is 22.6 Å². The summed E-state index contributed by atoms with van der Waals surface area (Å²) in [6.07, 6.45) is 3.47. The Labute approximate surface area is 151 Å². The summed E-state index contributed by atoms with van der Waals surface area (Å²) >= 11 is 2.24. The van der Waals surface area contributed by atoms with Gasteiger partial charge in [0, 0.05) is 13.3 Å². The number of carbonyl (C=O) groups excluding carboxylic acids is 1. The van der Waals surface area contributed by atoms with Crippen molar-refractivity contribution in [1.82, 2.24) is 0 Å². The van der Waals surface area contributed by atoms with E-state index < -0.39 is 17.3 Å². The highest BCUT2D eigenvalue weighted by molar-refractivity contribution is 14.1. The van der Waals surface area contributed by atoms with Crippen molar-refractivity contribution in [1.29, 1.82) is 0 Å². The van der Waals surface area contributed by atoms with Crippen molar-refractivity contribution in [2.24, 2.45) is 10.8 Å². The first-order chi connectivity index (χ1) is 10.6. The molecule has 2 aliphatic rings. The lowest BCUT2D eigenvalue weighted by Gasteiger charge is -2.55. The van der Waals surface area contributed by atoms with Gasteiger partial charge in [-0.1, -0.05) is 20.8 Å². The molecule has 0 aromatic heterocycles. The van der Waals surface area contributed by atoms with Gasteiger partial charge >= 0.3 is 5.97 Å². The highest BCUT2D eigenvalue weighted by Gasteiger charge is 2.62. The molecule has 1 N–H and O–H groups in total. The van der Waals surface area contributed by atoms with Gasteiger partial charge in [-0.2, -0.15) is 0 Å². The minimum atomic E-state index is -0.750. The summed E-state index contributed by atoms with van der Waals surface area (Å²) in [7, 11) is 0. The van der Waals surface area contributed by atoms with Crippen molar-refractivity contribution in [2.75, 3.05) is 19.8 Å². The molecule has 6 heteroatoms. The van der Waals surface area contributed by atoms with Crippen LogP contribution in [0.3, 0.4) is 0 Å². The van der Waals surface area contributed by atoms with Gasteiger partial charge in [0.05, 0.1) is 24.7 Å². The molecule has 1 aliphatic heterocycles. The molecule has 0 radical (unpaired) electrons. The lowest BCUT2D eigenvalue weighted by atomic mass is 9.59. The Morgan fingerprint density at radius 3 is 2.52 bits per heavy atom. The fourth-order valence-electron chi connectivity index (χ4n) is 3.72. The quantitative estimate of drug-likeness (QED) is 0.540. The van der Waals surface area contributed by atoms with Crippen LogP contribution in [0.5, 0.6) is 0 Å². The van der Waals surface area contributed by atoms with Gasteiger partial charge in [-0.15, -0.1) is 0 Å². The second-order valence-electron chi connectivity index (χ2n) is 7.56. The predicted molar refractivity (Wildman–Crippen MR) is 95.1 cm³/mol. The zero-order valence-electron chi connectivity index (χ0n) is 14.4. The Morgan fingerprint density at radius 2 is 1.96 bits per heavy atom. The molecule has 2 rings (SSSR count). The predicted octanol–water partition coefficient (Wildman–Crippen LogP) is 3.19. The Hall–Kier alpha value is -0.180. The normalized spacial score (nSPS) is 33.0. The third-order valence-corrected chi connectivity index (χ3v) is 5.77. The molecule has 1 heterocycles. The summed E-state index contributed by atoms with van der Waals surface area (Å²) < 4.78 is 18.1. The molecule has 23 heavy (non-hydrogen) atoms. The van der Waals surface area contributed by atoms with Crippen LogP contribution in [0.15, 0.2) is 9.66 Å². The lowest BCUT2D eigenvalue weighted by molar-refractivity contribution is -0.297. The number of esters is 1. The van der Waals surface area contributed by atoms with Crippen molar-refractivity contribution >= 4 is 28.6 Å². The van der Waals surface area contributed by atoms with E-state index in [-0.39, 0.29) is 18.0 Å². The van der Waals surface area contributed by atoms with E-state index in [0.717, 1.165) is 10.0 Å². The van der Waals surface area contributed by atoms with Gasteiger partial charge in [0.1, 0.15) is 6.61 Å². The molecule has 0 aromatic rings. The van der Waals surface area contributed by atoms with Crippen LogP contribution in [0.25, 0.3) is 0 Å². The molecule has 0 amide bonds. The molecule has 2 fully saturated rings. The number of hydrogen-bond donors (Lipinski definition) is 1. The Bertz CT molecular complexity index is 481. The minimum Gasteiger partial charge on any atom is -0.462 e. The monoisotopic (exact) mass is 438 g/mol. The van der Waals surface area contributed by atoms with E-state index in [4.69, 9.17) is 14.2 Å². The van der Waals surface area contributed by atoms with Gasteiger partial charge in [-0.05, 0) is 50.5 Å². The molecule has 2 atom stereocenters. The molecule has 132 valence electrons. The fourth-order valence-corrected chi connectivity index (χ4v) is 4.69. The Balaban J connectivity index is 2.20. The Morgan fingerprint density at radius 1 is 1.35 bits per heavy atom. The van der Waals surface area contributed by atoms with Crippen LogP contribution in [0.1, 0.15) is 47.0 Å². The molecule has 1 aliphatic carbocycles. The third-order valence-electron chi connectivity index (χ3n) is 4.94. The zero-order valence-corrected chi connectivity index (χ0v) is 16.5. The van der Waals surface area contributed by atoms with Gasteiger partial charge in [0.15, 0.2) is 5.79 Å². The molecule has 1 saturated carbocycles. The second kappa shape index (κ2) is 6.98. The van der Waals surface area contributed by atoms with E-state index in [1.54, 1.807) is 0 Å². The number of aliphatic hydroxyl groups is 1. The summed E-state index contributed by atoms with van der Waals surface area (Å²) in [6.45, 7) is 9.09. The van der Waals surface area contributed by atoms with E-state index in [0.29, 0.717) is 26.1 Å². The number of allylic oxidation sites excluding steroid dienone is 1. The Kier molecular flexibility index (Phi) is 5.81. The average Bonchev–Trinajstić information content (AvgIpc) is 2.85.